The van der Waals surface area contributed by atoms with E-state index in [9.17, 15) is 13.2 Å². The third-order valence-electron chi connectivity index (χ3n) is 5.77. The highest BCUT2D eigenvalue weighted by Gasteiger charge is 2.30. The van der Waals surface area contributed by atoms with Crippen LogP contribution >= 0.6 is 0 Å². The number of hydrogen-bond donors (Lipinski definition) is 1. The van der Waals surface area contributed by atoms with Gasteiger partial charge in [0.1, 0.15) is 0 Å². The largest absolute Gasteiger partial charge is 0.335 e. The van der Waals surface area contributed by atoms with Crippen molar-refractivity contribution in [2.45, 2.75) is 56.0 Å². The molecule has 0 heterocycles. The number of carbonyl (C=O) groups excluding carboxylic acids is 1. The molecule has 0 saturated heterocycles. The van der Waals surface area contributed by atoms with Gasteiger partial charge in [0.05, 0.1) is 10.9 Å². The summed E-state index contributed by atoms with van der Waals surface area (Å²) in [5.41, 5.74) is 3.72. The number of nitrogens with zero attached hydrogens (tertiary/aromatic N) is 1. The van der Waals surface area contributed by atoms with Crippen LogP contribution in [0.5, 0.6) is 0 Å². The maximum absolute atomic E-state index is 13.3. The van der Waals surface area contributed by atoms with Crippen molar-refractivity contribution in [3.63, 3.8) is 0 Å². The van der Waals surface area contributed by atoms with E-state index in [4.69, 9.17) is 0 Å². The fourth-order valence-corrected chi connectivity index (χ4v) is 5.28. The summed E-state index contributed by atoms with van der Waals surface area (Å²) in [5.74, 6) is -0.136. The van der Waals surface area contributed by atoms with Crippen LogP contribution in [-0.2, 0) is 16.4 Å². The molecule has 4 rings (SSSR count). The van der Waals surface area contributed by atoms with E-state index in [-0.39, 0.29) is 22.9 Å². The van der Waals surface area contributed by atoms with Gasteiger partial charge in [-0.15, -0.1) is 0 Å². The van der Waals surface area contributed by atoms with Crippen LogP contribution < -0.4 is 4.72 Å². The van der Waals surface area contributed by atoms with Crippen molar-refractivity contribution >= 4 is 15.9 Å². The molecule has 2 aliphatic rings. The lowest BCUT2D eigenvalue weighted by atomic mass is 9.86. The predicted octanol–water partition coefficient (Wildman–Crippen LogP) is 3.59. The summed E-state index contributed by atoms with van der Waals surface area (Å²) in [7, 11) is -1.77. The quantitative estimate of drug-likeness (QED) is 0.837. The zero-order chi connectivity index (χ0) is 19.9. The van der Waals surface area contributed by atoms with E-state index in [0.717, 1.165) is 37.7 Å². The number of nitrogens with one attached hydrogen (secondary N) is 1. The van der Waals surface area contributed by atoms with Gasteiger partial charge in [0, 0.05) is 18.7 Å². The van der Waals surface area contributed by atoms with Gasteiger partial charge in [0.15, 0.2) is 0 Å². The lowest BCUT2D eigenvalue weighted by molar-refractivity contribution is 0.0714. The number of aryl methyl sites for hydroxylation is 2. The Morgan fingerprint density at radius 2 is 1.86 bits per heavy atom. The van der Waals surface area contributed by atoms with Gasteiger partial charge in [0.2, 0.25) is 10.0 Å². The van der Waals surface area contributed by atoms with Crippen LogP contribution in [0.25, 0.3) is 0 Å². The Bertz CT molecular complexity index is 1010. The van der Waals surface area contributed by atoms with E-state index < -0.39 is 10.0 Å². The molecule has 1 amide bonds. The van der Waals surface area contributed by atoms with Crippen LogP contribution in [0.2, 0.25) is 0 Å². The Balaban J connectivity index is 1.64. The SMILES string of the molecule is Cc1ccc(S(=O)(=O)NC2CC2)cc1C(=O)N(C)[C@H]1CCCc2ccccc21. The molecule has 28 heavy (non-hydrogen) atoms. The maximum Gasteiger partial charge on any atom is 0.254 e. The lowest BCUT2D eigenvalue weighted by Gasteiger charge is -2.33. The minimum atomic E-state index is -3.59. The maximum atomic E-state index is 13.3. The topological polar surface area (TPSA) is 66.5 Å². The minimum Gasteiger partial charge on any atom is -0.335 e. The zero-order valence-electron chi connectivity index (χ0n) is 16.3. The lowest BCUT2D eigenvalue weighted by Crippen LogP contribution is -2.34. The number of hydrogen-bond acceptors (Lipinski definition) is 3. The highest BCUT2D eigenvalue weighted by molar-refractivity contribution is 7.89. The highest BCUT2D eigenvalue weighted by atomic mass is 32.2. The molecule has 0 unspecified atom stereocenters. The first-order chi connectivity index (χ1) is 13.4. The Labute approximate surface area is 166 Å². The fourth-order valence-electron chi connectivity index (χ4n) is 3.95. The van der Waals surface area contributed by atoms with Crippen molar-refractivity contribution in [3.8, 4) is 0 Å². The third kappa shape index (κ3) is 3.71. The summed E-state index contributed by atoms with van der Waals surface area (Å²) in [6, 6.07) is 13.1. The van der Waals surface area contributed by atoms with Crippen LogP contribution in [0.3, 0.4) is 0 Å². The molecule has 2 aromatic carbocycles. The van der Waals surface area contributed by atoms with Gasteiger partial charge in [0.25, 0.3) is 5.91 Å². The monoisotopic (exact) mass is 398 g/mol. The van der Waals surface area contributed by atoms with Crippen molar-refractivity contribution in [2.75, 3.05) is 7.05 Å². The molecule has 1 atom stereocenters. The molecular weight excluding hydrogens is 372 g/mol. The van der Waals surface area contributed by atoms with Crippen molar-refractivity contribution < 1.29 is 13.2 Å². The normalized spacial score (nSPS) is 19.1. The van der Waals surface area contributed by atoms with Crippen LogP contribution in [0.15, 0.2) is 47.4 Å². The summed E-state index contributed by atoms with van der Waals surface area (Å²) in [6.07, 6.45) is 4.74. The summed E-state index contributed by atoms with van der Waals surface area (Å²) >= 11 is 0. The van der Waals surface area contributed by atoms with E-state index in [1.165, 1.54) is 17.2 Å². The number of sulfonamides is 1. The summed E-state index contributed by atoms with van der Waals surface area (Å²) in [4.78, 5) is 15.2. The average Bonchev–Trinajstić information content (AvgIpc) is 3.50. The van der Waals surface area contributed by atoms with Gasteiger partial charge in [-0.3, -0.25) is 4.79 Å². The molecule has 148 valence electrons. The Kier molecular flexibility index (Phi) is 5.02. The minimum absolute atomic E-state index is 0.0155. The molecule has 1 fully saturated rings. The second-order valence-electron chi connectivity index (χ2n) is 7.90. The molecule has 5 nitrogen and oxygen atoms in total. The Morgan fingerprint density at radius 3 is 2.61 bits per heavy atom. The summed E-state index contributed by atoms with van der Waals surface area (Å²) in [5, 5.41) is 0. The average molecular weight is 399 g/mol. The molecule has 2 aliphatic carbocycles. The van der Waals surface area contributed by atoms with E-state index in [1.54, 1.807) is 17.0 Å². The van der Waals surface area contributed by atoms with Gasteiger partial charge >= 0.3 is 0 Å². The van der Waals surface area contributed by atoms with Crippen molar-refractivity contribution in [1.29, 1.82) is 0 Å². The van der Waals surface area contributed by atoms with E-state index in [1.807, 2.05) is 26.1 Å². The molecular formula is C22H26N2O3S. The van der Waals surface area contributed by atoms with Gasteiger partial charge < -0.3 is 4.90 Å². The first-order valence-electron chi connectivity index (χ1n) is 9.85. The molecule has 0 aromatic heterocycles. The molecule has 6 heteroatoms. The molecule has 0 bridgehead atoms. The smallest absolute Gasteiger partial charge is 0.254 e. The second kappa shape index (κ2) is 7.33. The van der Waals surface area contributed by atoms with Crippen LogP contribution in [0.1, 0.15) is 58.8 Å². The number of carbonyl (C=O) groups is 1. The summed E-state index contributed by atoms with van der Waals surface area (Å²) in [6.45, 7) is 1.85. The van der Waals surface area contributed by atoms with Crippen molar-refractivity contribution in [2.24, 2.45) is 0 Å². The Hall–Kier alpha value is -2.18. The number of amides is 1. The van der Waals surface area contributed by atoms with Crippen LogP contribution in [0, 0.1) is 6.92 Å². The van der Waals surface area contributed by atoms with Crippen molar-refractivity contribution in [1.82, 2.24) is 9.62 Å². The number of fused-ring (bicyclic) bond motifs is 1. The molecule has 0 spiro atoms. The van der Waals surface area contributed by atoms with E-state index in [0.29, 0.717) is 5.56 Å². The fraction of sp³-hybridized carbons (Fsp3) is 0.409. The molecule has 0 aliphatic heterocycles. The Morgan fingerprint density at radius 1 is 1.11 bits per heavy atom. The first kappa shape index (κ1) is 19.2. The molecule has 0 radical (unpaired) electrons. The number of benzene rings is 2. The summed E-state index contributed by atoms with van der Waals surface area (Å²) < 4.78 is 27.8. The molecule has 1 saturated carbocycles. The number of rotatable bonds is 5. The van der Waals surface area contributed by atoms with E-state index in [2.05, 4.69) is 16.9 Å². The standard InChI is InChI=1S/C22H26N2O3S/c1-15-10-13-18(28(26,27)23-17-11-12-17)14-20(15)22(25)24(2)21-9-5-7-16-6-3-4-8-19(16)21/h3-4,6,8,10,13-14,17,21,23H,5,7,9,11-12H2,1-2H3/t21-/m0/s1. The highest BCUT2D eigenvalue weighted by Crippen LogP contribution is 2.34. The van der Waals surface area contributed by atoms with Gasteiger partial charge in [-0.25, -0.2) is 13.1 Å². The van der Waals surface area contributed by atoms with Crippen molar-refractivity contribution in [3.05, 3.63) is 64.7 Å². The third-order valence-corrected chi connectivity index (χ3v) is 7.29. The second-order valence-corrected chi connectivity index (χ2v) is 9.61. The van der Waals surface area contributed by atoms with Crippen LogP contribution in [0.4, 0.5) is 0 Å². The van der Waals surface area contributed by atoms with Crippen LogP contribution in [-0.4, -0.2) is 32.3 Å². The van der Waals surface area contributed by atoms with Gasteiger partial charge in [-0.1, -0.05) is 30.3 Å². The first-order valence-corrected chi connectivity index (χ1v) is 11.3. The van der Waals surface area contributed by atoms with E-state index >= 15 is 0 Å². The molecule has 1 N–H and O–H groups in total. The van der Waals surface area contributed by atoms with Gasteiger partial charge in [-0.05, 0) is 67.9 Å². The predicted molar refractivity (Wildman–Crippen MR) is 109 cm³/mol. The zero-order valence-corrected chi connectivity index (χ0v) is 17.1. The molecule has 2 aromatic rings. The van der Waals surface area contributed by atoms with Gasteiger partial charge in [-0.2, -0.15) is 0 Å².